The fraction of sp³-hybridized carbons (Fsp3) is 0. The summed E-state index contributed by atoms with van der Waals surface area (Å²) in [6.07, 6.45) is 1.04. The van der Waals surface area contributed by atoms with Crippen LogP contribution in [0, 0.1) is 0 Å². The fourth-order valence-corrected chi connectivity index (χ4v) is 0.525. The fourth-order valence-electron chi connectivity index (χ4n) is 0.525. The van der Waals surface area contributed by atoms with Crippen LogP contribution in [0.15, 0.2) is 20.9 Å². The van der Waals surface area contributed by atoms with Gasteiger partial charge in [0.25, 0.3) is 5.56 Å². The van der Waals surface area contributed by atoms with Crippen LogP contribution in [0.1, 0.15) is 0 Å². The monoisotopic (exact) mass is 153 g/mol. The molecule has 0 amide bonds. The van der Waals surface area contributed by atoms with Crippen LogP contribution in [0.4, 0.5) is 5.69 Å². The predicted molar refractivity (Wildman–Crippen MR) is 36.5 cm³/mol. The molecule has 1 aromatic rings. The summed E-state index contributed by atoms with van der Waals surface area (Å²) < 4.78 is 0. The van der Waals surface area contributed by atoms with E-state index in [0.717, 1.165) is 6.20 Å². The summed E-state index contributed by atoms with van der Waals surface area (Å²) in [5, 5.41) is 3.01. The third kappa shape index (κ3) is 1.46. The maximum atomic E-state index is 10.7. The van der Waals surface area contributed by atoms with Crippen molar-refractivity contribution in [2.45, 2.75) is 0 Å². The number of aromatic amines is 2. The van der Waals surface area contributed by atoms with Gasteiger partial charge in [0.05, 0.1) is 0 Å². The molecule has 0 bridgehead atoms. The first-order chi connectivity index (χ1) is 5.24. The number of hydrogen-bond donors (Lipinski definition) is 2. The highest BCUT2D eigenvalue weighted by Crippen LogP contribution is 1.96. The van der Waals surface area contributed by atoms with Crippen molar-refractivity contribution in [3.05, 3.63) is 37.5 Å². The Morgan fingerprint density at radius 1 is 1.55 bits per heavy atom. The summed E-state index contributed by atoms with van der Waals surface area (Å²) in [5.41, 5.74) is 6.43. The number of azide groups is 1. The van der Waals surface area contributed by atoms with Crippen LogP contribution < -0.4 is 11.2 Å². The van der Waals surface area contributed by atoms with E-state index in [-0.39, 0.29) is 5.69 Å². The Labute approximate surface area is 59.3 Å². The number of rotatable bonds is 1. The maximum absolute atomic E-state index is 10.7. The molecule has 0 aliphatic rings. The largest absolute Gasteiger partial charge is 0.325 e. The van der Waals surface area contributed by atoms with Crippen molar-refractivity contribution in [1.82, 2.24) is 9.97 Å². The van der Waals surface area contributed by atoms with Crippen molar-refractivity contribution in [1.29, 1.82) is 0 Å². The van der Waals surface area contributed by atoms with Gasteiger partial charge in [0.2, 0.25) is 0 Å². The van der Waals surface area contributed by atoms with Gasteiger partial charge < -0.3 is 4.98 Å². The molecule has 11 heavy (non-hydrogen) atoms. The average molecular weight is 153 g/mol. The van der Waals surface area contributed by atoms with Crippen molar-refractivity contribution in [3.63, 3.8) is 0 Å². The smallest absolute Gasteiger partial charge is 0.314 e. The van der Waals surface area contributed by atoms with Crippen LogP contribution in [0.3, 0.4) is 0 Å². The molecule has 0 unspecified atom stereocenters. The Bertz CT molecular complexity index is 409. The molecule has 1 rings (SSSR count). The first-order valence-corrected chi connectivity index (χ1v) is 2.61. The van der Waals surface area contributed by atoms with Gasteiger partial charge in [-0.25, -0.2) is 4.79 Å². The van der Waals surface area contributed by atoms with E-state index >= 15 is 0 Å². The second-order valence-electron chi connectivity index (χ2n) is 1.65. The zero-order chi connectivity index (χ0) is 8.27. The lowest BCUT2D eigenvalue weighted by Crippen LogP contribution is -2.20. The standard InChI is InChI=1S/C4H3N5O2/c5-9-8-2-1-6-4(11)7-3(2)10/h1H,(H2,6,7,10,11). The zero-order valence-electron chi connectivity index (χ0n) is 5.24. The molecule has 0 spiro atoms. The van der Waals surface area contributed by atoms with Gasteiger partial charge in [0, 0.05) is 11.1 Å². The lowest BCUT2D eigenvalue weighted by molar-refractivity contribution is 1.03. The van der Waals surface area contributed by atoms with E-state index in [1.807, 2.05) is 4.98 Å². The molecule has 0 atom stereocenters. The minimum Gasteiger partial charge on any atom is -0.314 e. The van der Waals surface area contributed by atoms with Gasteiger partial charge in [-0.2, -0.15) is 0 Å². The molecule has 7 heteroatoms. The normalized spacial score (nSPS) is 8.73. The number of aromatic nitrogens is 2. The maximum Gasteiger partial charge on any atom is 0.325 e. The van der Waals surface area contributed by atoms with Gasteiger partial charge >= 0.3 is 5.69 Å². The topological polar surface area (TPSA) is 114 Å². The summed E-state index contributed by atoms with van der Waals surface area (Å²) in [7, 11) is 0. The Kier molecular flexibility index (Phi) is 1.75. The molecule has 0 aliphatic carbocycles. The highest BCUT2D eigenvalue weighted by molar-refractivity contribution is 5.28. The van der Waals surface area contributed by atoms with Crippen molar-refractivity contribution >= 4 is 5.69 Å². The third-order valence-electron chi connectivity index (χ3n) is 0.952. The molecular formula is C4H3N5O2. The van der Waals surface area contributed by atoms with Crippen molar-refractivity contribution in [2.75, 3.05) is 0 Å². The summed E-state index contributed by atoms with van der Waals surface area (Å²) in [6, 6.07) is 0. The van der Waals surface area contributed by atoms with E-state index in [2.05, 4.69) is 15.0 Å². The molecule has 7 nitrogen and oxygen atoms in total. The summed E-state index contributed by atoms with van der Waals surface area (Å²) >= 11 is 0. The molecular weight excluding hydrogens is 150 g/mol. The van der Waals surface area contributed by atoms with Gasteiger partial charge in [0.15, 0.2) is 0 Å². The number of nitrogens with zero attached hydrogens (tertiary/aromatic N) is 3. The molecule has 56 valence electrons. The predicted octanol–water partition coefficient (Wildman–Crippen LogP) is 0.00500. The molecule has 2 N–H and O–H groups in total. The molecule has 1 heterocycles. The highest BCUT2D eigenvalue weighted by Gasteiger charge is 1.93. The van der Waals surface area contributed by atoms with E-state index < -0.39 is 11.2 Å². The number of H-pyrrole nitrogens is 2. The molecule has 0 fully saturated rings. The summed E-state index contributed by atoms with van der Waals surface area (Å²) in [5.74, 6) is 0. The zero-order valence-corrected chi connectivity index (χ0v) is 5.24. The lowest BCUT2D eigenvalue weighted by atomic mass is 10.5. The van der Waals surface area contributed by atoms with Gasteiger partial charge in [-0.15, -0.1) is 0 Å². The Balaban J connectivity index is 3.42. The summed E-state index contributed by atoms with van der Waals surface area (Å²) in [4.78, 5) is 27.5. The highest BCUT2D eigenvalue weighted by atomic mass is 16.2. The lowest BCUT2D eigenvalue weighted by Gasteiger charge is -1.85. The molecule has 1 aromatic heterocycles. The van der Waals surface area contributed by atoms with Gasteiger partial charge in [-0.1, -0.05) is 5.11 Å². The number of hydrogen-bond acceptors (Lipinski definition) is 3. The Morgan fingerprint density at radius 3 is 2.82 bits per heavy atom. The minimum atomic E-state index is -0.702. The first-order valence-electron chi connectivity index (χ1n) is 2.61. The minimum absolute atomic E-state index is 0.160. The molecule has 0 radical (unpaired) electrons. The van der Waals surface area contributed by atoms with E-state index in [0.29, 0.717) is 0 Å². The Hall–Kier alpha value is -2.01. The van der Waals surface area contributed by atoms with Crippen LogP contribution in [0.5, 0.6) is 0 Å². The van der Waals surface area contributed by atoms with Gasteiger partial charge in [0.1, 0.15) is 5.69 Å². The average Bonchev–Trinajstić information content (AvgIpc) is 1.95. The van der Waals surface area contributed by atoms with Gasteiger partial charge in [-0.05, 0) is 5.53 Å². The molecule has 0 aromatic carbocycles. The van der Waals surface area contributed by atoms with Crippen LogP contribution >= 0.6 is 0 Å². The quantitative estimate of drug-likeness (QED) is 0.336. The van der Waals surface area contributed by atoms with Crippen molar-refractivity contribution < 1.29 is 0 Å². The summed E-state index contributed by atoms with van der Waals surface area (Å²) in [6.45, 7) is 0. The SMILES string of the molecule is [N-]=[N+]=Nc1c[nH]c(=O)[nH]c1=O. The molecule has 0 aliphatic heterocycles. The molecule has 0 saturated carbocycles. The Morgan fingerprint density at radius 2 is 2.27 bits per heavy atom. The van der Waals surface area contributed by atoms with E-state index in [1.54, 1.807) is 0 Å². The van der Waals surface area contributed by atoms with Crippen LogP contribution in [0.25, 0.3) is 10.4 Å². The second kappa shape index (κ2) is 2.72. The van der Waals surface area contributed by atoms with E-state index in [1.165, 1.54) is 0 Å². The van der Waals surface area contributed by atoms with Gasteiger partial charge in [-0.3, -0.25) is 9.78 Å². The molecule has 0 saturated heterocycles. The number of nitrogens with one attached hydrogen (secondary N) is 2. The van der Waals surface area contributed by atoms with Crippen LogP contribution in [-0.2, 0) is 0 Å². The van der Waals surface area contributed by atoms with Crippen molar-refractivity contribution in [3.8, 4) is 0 Å². The van der Waals surface area contributed by atoms with Crippen LogP contribution in [0.2, 0.25) is 0 Å². The third-order valence-corrected chi connectivity index (χ3v) is 0.952. The first kappa shape index (κ1) is 7.10. The second-order valence-corrected chi connectivity index (χ2v) is 1.65. The van der Waals surface area contributed by atoms with Crippen molar-refractivity contribution in [2.24, 2.45) is 5.11 Å². The van der Waals surface area contributed by atoms with E-state index in [4.69, 9.17) is 5.53 Å². The van der Waals surface area contributed by atoms with Crippen LogP contribution in [-0.4, -0.2) is 9.97 Å². The van der Waals surface area contributed by atoms with E-state index in [9.17, 15) is 9.59 Å².